The molecule has 2 heterocycles. The zero-order chi connectivity index (χ0) is 30.5. The molecule has 1 unspecified atom stereocenters. The Morgan fingerprint density at radius 1 is 0.977 bits per heavy atom. The number of aromatic nitrogens is 2. The second kappa shape index (κ2) is 10.7. The summed E-state index contributed by atoms with van der Waals surface area (Å²) >= 11 is 0. The van der Waals surface area contributed by atoms with Crippen molar-refractivity contribution in [2.24, 2.45) is 0 Å². The van der Waals surface area contributed by atoms with Crippen LogP contribution >= 0.6 is 0 Å². The first kappa shape index (κ1) is 28.7. The van der Waals surface area contributed by atoms with E-state index in [9.17, 15) is 36.6 Å². The van der Waals surface area contributed by atoms with Gasteiger partial charge in [-0.3, -0.25) is 9.59 Å². The molecule has 2 N–H and O–H groups in total. The van der Waals surface area contributed by atoms with Gasteiger partial charge < -0.3 is 15.0 Å². The zero-order valence-electron chi connectivity index (χ0n) is 22.7. The van der Waals surface area contributed by atoms with Crippen LogP contribution in [0.4, 0.5) is 22.0 Å². The molecule has 6 nitrogen and oxygen atoms in total. The van der Waals surface area contributed by atoms with Gasteiger partial charge >= 0.3 is 6.18 Å². The van der Waals surface area contributed by atoms with Crippen molar-refractivity contribution in [3.8, 4) is 11.1 Å². The van der Waals surface area contributed by atoms with E-state index in [2.05, 4.69) is 4.98 Å². The standard InChI is InChI=1S/C32H26F5N3O3/c33-24-10-9-19(16-25(24)34)18-4-1-6-21(14-18)31(11-12-31)30-38-26-8-3-13-40(17-23(26)28(42)39-30)29(43)27(41)20-5-2-7-22(15-20)32(35,36)37/h1-2,4-7,9-10,14-16,27,41H,3,8,11-13,17H2,(H,38,39,42). The molecule has 3 aromatic carbocycles. The smallest absolute Gasteiger partial charge is 0.378 e. The molecule has 0 spiro atoms. The molecule has 0 saturated heterocycles. The van der Waals surface area contributed by atoms with Gasteiger partial charge in [-0.05, 0) is 72.2 Å². The highest BCUT2D eigenvalue weighted by molar-refractivity contribution is 5.82. The fourth-order valence-electron chi connectivity index (χ4n) is 5.70. The van der Waals surface area contributed by atoms with Crippen molar-refractivity contribution in [3.05, 3.63) is 122 Å². The van der Waals surface area contributed by atoms with Gasteiger partial charge in [0.25, 0.3) is 11.5 Å². The molecule has 0 bridgehead atoms. The second-order valence-corrected chi connectivity index (χ2v) is 11.0. The first-order valence-electron chi connectivity index (χ1n) is 13.8. The van der Waals surface area contributed by atoms with Gasteiger partial charge in [0, 0.05) is 6.54 Å². The van der Waals surface area contributed by atoms with Crippen molar-refractivity contribution in [2.75, 3.05) is 6.54 Å². The van der Waals surface area contributed by atoms with Gasteiger partial charge in [0.15, 0.2) is 17.7 Å². The van der Waals surface area contributed by atoms with E-state index in [1.165, 1.54) is 17.0 Å². The third kappa shape index (κ3) is 5.45. The number of aromatic amines is 1. The van der Waals surface area contributed by atoms with Crippen LogP contribution in [0.3, 0.4) is 0 Å². The lowest BCUT2D eigenvalue weighted by atomic mass is 9.91. The first-order chi connectivity index (χ1) is 20.5. The van der Waals surface area contributed by atoms with Crippen LogP contribution in [-0.2, 0) is 29.4 Å². The molecule has 1 aromatic heterocycles. The number of benzene rings is 3. The molecule has 1 saturated carbocycles. The average Bonchev–Trinajstić information content (AvgIpc) is 3.82. The Hall–Kier alpha value is -4.38. The third-order valence-corrected chi connectivity index (χ3v) is 8.24. The molecule has 4 aromatic rings. The number of nitrogens with zero attached hydrogens (tertiary/aromatic N) is 2. The van der Waals surface area contributed by atoms with Crippen LogP contribution in [-0.4, -0.2) is 32.4 Å². The molecule has 1 aliphatic heterocycles. The molecule has 0 radical (unpaired) electrons. The highest BCUT2D eigenvalue weighted by atomic mass is 19.4. The molecule has 11 heteroatoms. The Kier molecular flexibility index (Phi) is 7.16. The van der Waals surface area contributed by atoms with Crippen LogP contribution < -0.4 is 5.56 Å². The van der Waals surface area contributed by atoms with E-state index < -0.39 is 46.4 Å². The maximum Gasteiger partial charge on any atom is 0.416 e. The molecule has 1 aliphatic carbocycles. The number of aliphatic hydroxyl groups is 1. The topological polar surface area (TPSA) is 86.3 Å². The number of fused-ring (bicyclic) bond motifs is 1. The van der Waals surface area contributed by atoms with Crippen molar-refractivity contribution >= 4 is 5.91 Å². The highest BCUT2D eigenvalue weighted by Gasteiger charge is 2.49. The number of carbonyl (C=O) groups excluding carboxylic acids is 1. The number of rotatable bonds is 5. The van der Waals surface area contributed by atoms with Crippen molar-refractivity contribution in [2.45, 2.75) is 49.9 Å². The van der Waals surface area contributed by atoms with E-state index in [1.807, 2.05) is 18.2 Å². The Morgan fingerprint density at radius 2 is 1.72 bits per heavy atom. The Bertz CT molecular complexity index is 1780. The largest absolute Gasteiger partial charge is 0.416 e. The molecular weight excluding hydrogens is 569 g/mol. The molecule has 6 rings (SSSR count). The van der Waals surface area contributed by atoms with Crippen molar-refractivity contribution in [3.63, 3.8) is 0 Å². The molecular formula is C32H26F5N3O3. The van der Waals surface area contributed by atoms with E-state index in [0.717, 1.165) is 35.9 Å². The average molecular weight is 596 g/mol. The van der Waals surface area contributed by atoms with E-state index in [1.54, 1.807) is 6.07 Å². The second-order valence-electron chi connectivity index (χ2n) is 11.0. The number of hydrogen-bond donors (Lipinski definition) is 2. The normalized spacial score (nSPS) is 16.7. The summed E-state index contributed by atoms with van der Waals surface area (Å²) in [6.07, 6.45) is -4.21. The minimum Gasteiger partial charge on any atom is -0.378 e. The van der Waals surface area contributed by atoms with Crippen molar-refractivity contribution < 1.29 is 31.9 Å². The maximum atomic E-state index is 13.9. The third-order valence-electron chi connectivity index (χ3n) is 8.24. The lowest BCUT2D eigenvalue weighted by Crippen LogP contribution is -2.36. The van der Waals surface area contributed by atoms with E-state index >= 15 is 0 Å². The summed E-state index contributed by atoms with van der Waals surface area (Å²) in [6.45, 7) is 0.0345. The van der Waals surface area contributed by atoms with Gasteiger partial charge in [0.2, 0.25) is 0 Å². The molecule has 222 valence electrons. The highest BCUT2D eigenvalue weighted by Crippen LogP contribution is 2.52. The Morgan fingerprint density at radius 3 is 2.44 bits per heavy atom. The number of aryl methyl sites for hydroxylation is 1. The van der Waals surface area contributed by atoms with Gasteiger partial charge in [-0.25, -0.2) is 13.8 Å². The number of amides is 1. The summed E-state index contributed by atoms with van der Waals surface area (Å²) < 4.78 is 66.8. The lowest BCUT2D eigenvalue weighted by molar-refractivity contribution is -0.142. The van der Waals surface area contributed by atoms with Gasteiger partial charge in [-0.15, -0.1) is 0 Å². The number of alkyl halides is 3. The number of aliphatic hydroxyl groups excluding tert-OH is 1. The maximum absolute atomic E-state index is 13.9. The number of nitrogens with one attached hydrogen (secondary N) is 1. The monoisotopic (exact) mass is 595 g/mol. The molecule has 2 aliphatic rings. The quantitative estimate of drug-likeness (QED) is 0.285. The Balaban J connectivity index is 1.27. The minimum absolute atomic E-state index is 0.147. The van der Waals surface area contributed by atoms with Crippen LogP contribution in [0.15, 0.2) is 71.5 Å². The van der Waals surface area contributed by atoms with Gasteiger partial charge in [0.05, 0.1) is 28.8 Å². The fourth-order valence-corrected chi connectivity index (χ4v) is 5.70. The predicted octanol–water partition coefficient (Wildman–Crippen LogP) is 5.82. The predicted molar refractivity (Wildman–Crippen MR) is 147 cm³/mol. The molecule has 1 fully saturated rings. The minimum atomic E-state index is -4.63. The SMILES string of the molecule is O=C(C(O)c1cccc(C(F)(F)F)c1)N1CCCc2nc(C3(c4cccc(-c5ccc(F)c(F)c5)c4)CC3)[nH]c(=O)c2C1. The fraction of sp³-hybridized carbons (Fsp3) is 0.281. The first-order valence-corrected chi connectivity index (χ1v) is 13.8. The summed E-state index contributed by atoms with van der Waals surface area (Å²) in [6, 6.07) is 15.1. The zero-order valence-corrected chi connectivity index (χ0v) is 22.7. The van der Waals surface area contributed by atoms with Crippen LogP contribution in [0.1, 0.15) is 59.1 Å². The summed E-state index contributed by atoms with van der Waals surface area (Å²) in [5, 5.41) is 10.7. The van der Waals surface area contributed by atoms with Crippen LogP contribution in [0, 0.1) is 11.6 Å². The van der Waals surface area contributed by atoms with Crippen molar-refractivity contribution in [1.82, 2.24) is 14.9 Å². The summed E-state index contributed by atoms with van der Waals surface area (Å²) in [5.74, 6) is -2.21. The number of H-pyrrole nitrogens is 1. The Labute approximate surface area is 242 Å². The number of halogens is 5. The summed E-state index contributed by atoms with van der Waals surface area (Å²) in [4.78, 5) is 35.5. The van der Waals surface area contributed by atoms with Crippen LogP contribution in [0.2, 0.25) is 0 Å². The molecule has 1 amide bonds. The summed E-state index contributed by atoms with van der Waals surface area (Å²) in [7, 11) is 0. The summed E-state index contributed by atoms with van der Waals surface area (Å²) in [5.41, 5.74) is 0.685. The number of hydrogen-bond acceptors (Lipinski definition) is 4. The molecule has 1 atom stereocenters. The van der Waals surface area contributed by atoms with E-state index in [-0.39, 0.29) is 24.2 Å². The molecule has 43 heavy (non-hydrogen) atoms. The number of carbonyl (C=O) groups is 1. The van der Waals surface area contributed by atoms with Crippen molar-refractivity contribution in [1.29, 1.82) is 0 Å². The van der Waals surface area contributed by atoms with E-state index in [4.69, 9.17) is 4.98 Å². The van der Waals surface area contributed by atoms with Gasteiger partial charge in [0.1, 0.15) is 5.82 Å². The lowest BCUT2D eigenvalue weighted by Gasteiger charge is -2.24. The van der Waals surface area contributed by atoms with Gasteiger partial charge in [-0.1, -0.05) is 42.5 Å². The van der Waals surface area contributed by atoms with E-state index in [0.29, 0.717) is 48.3 Å². The van der Waals surface area contributed by atoms with Gasteiger partial charge in [-0.2, -0.15) is 13.2 Å². The van der Waals surface area contributed by atoms with Crippen LogP contribution in [0.5, 0.6) is 0 Å². The van der Waals surface area contributed by atoms with Crippen LogP contribution in [0.25, 0.3) is 11.1 Å².